The molecule has 0 spiro atoms. The topological polar surface area (TPSA) is 71.2 Å². The Bertz CT molecular complexity index is 366. The second-order valence-electron chi connectivity index (χ2n) is 3.38. The van der Waals surface area contributed by atoms with Gasteiger partial charge < -0.3 is 16.2 Å². The molecule has 0 bridgehead atoms. The lowest BCUT2D eigenvalue weighted by Crippen LogP contribution is -2.17. The summed E-state index contributed by atoms with van der Waals surface area (Å²) in [5.74, 6) is -0.0337. The van der Waals surface area contributed by atoms with Crippen LogP contribution in [0.5, 0.6) is 0 Å². The summed E-state index contributed by atoms with van der Waals surface area (Å²) in [7, 11) is 0. The van der Waals surface area contributed by atoms with Crippen LogP contribution in [-0.4, -0.2) is 22.7 Å². The van der Waals surface area contributed by atoms with Gasteiger partial charge >= 0.3 is 6.18 Å². The maximum atomic E-state index is 12.3. The van der Waals surface area contributed by atoms with E-state index in [1.807, 2.05) is 0 Å². The second-order valence-corrected chi connectivity index (χ2v) is 3.38. The van der Waals surface area contributed by atoms with E-state index >= 15 is 0 Å². The minimum atomic E-state index is -4.46. The largest absolute Gasteiger partial charge is 0.417 e. The van der Waals surface area contributed by atoms with E-state index in [9.17, 15) is 13.2 Å². The number of alkyl halides is 3. The van der Waals surface area contributed by atoms with Crippen LogP contribution in [0.25, 0.3) is 0 Å². The van der Waals surface area contributed by atoms with Crippen LogP contribution in [-0.2, 0) is 6.18 Å². The Morgan fingerprint density at radius 3 is 2.69 bits per heavy atom. The Hall–Kier alpha value is -1.50. The van der Waals surface area contributed by atoms with Crippen molar-refractivity contribution in [3.8, 4) is 0 Å². The van der Waals surface area contributed by atoms with Crippen LogP contribution >= 0.6 is 0 Å². The summed E-state index contributed by atoms with van der Waals surface area (Å²) in [4.78, 5) is 3.44. The van der Waals surface area contributed by atoms with E-state index in [0.29, 0.717) is 6.20 Å². The maximum Gasteiger partial charge on any atom is 0.417 e. The molecule has 0 fully saturated rings. The standard InChI is InChI=1S/C9H12F3N3O/c1-5(16)3-14-7-2-6(9(10,11)12)4-15-8(7)13/h2,4-5,14,16H,3H2,1H3,(H2,13,15). The molecular formula is C9H12F3N3O. The first-order valence-electron chi connectivity index (χ1n) is 4.55. The van der Waals surface area contributed by atoms with Crippen LogP contribution < -0.4 is 11.1 Å². The third-order valence-electron chi connectivity index (χ3n) is 1.83. The van der Waals surface area contributed by atoms with Gasteiger partial charge in [0.15, 0.2) is 0 Å². The predicted molar refractivity (Wildman–Crippen MR) is 53.8 cm³/mol. The van der Waals surface area contributed by atoms with Crippen LogP contribution in [0.3, 0.4) is 0 Å². The Labute approximate surface area is 90.3 Å². The Morgan fingerprint density at radius 2 is 2.19 bits per heavy atom. The van der Waals surface area contributed by atoms with Gasteiger partial charge in [0, 0.05) is 12.7 Å². The van der Waals surface area contributed by atoms with Crippen molar-refractivity contribution in [2.45, 2.75) is 19.2 Å². The number of hydrogen-bond donors (Lipinski definition) is 3. The SMILES string of the molecule is CC(O)CNc1cc(C(F)(F)F)cnc1N. The first kappa shape index (κ1) is 12.6. The lowest BCUT2D eigenvalue weighted by atomic mass is 10.2. The molecule has 0 aliphatic carbocycles. The third-order valence-corrected chi connectivity index (χ3v) is 1.83. The van der Waals surface area contributed by atoms with E-state index in [-0.39, 0.29) is 18.1 Å². The van der Waals surface area contributed by atoms with Crippen LogP contribution in [0.4, 0.5) is 24.7 Å². The van der Waals surface area contributed by atoms with Gasteiger partial charge in [-0.25, -0.2) is 4.98 Å². The second kappa shape index (κ2) is 4.56. The average Bonchev–Trinajstić information content (AvgIpc) is 2.14. The van der Waals surface area contributed by atoms with E-state index in [4.69, 9.17) is 10.8 Å². The predicted octanol–water partition coefficient (Wildman–Crippen LogP) is 1.48. The van der Waals surface area contributed by atoms with Gasteiger partial charge in [-0.1, -0.05) is 0 Å². The molecule has 0 amide bonds. The molecule has 1 rings (SSSR count). The maximum absolute atomic E-state index is 12.3. The Kier molecular flexibility index (Phi) is 3.58. The fraction of sp³-hybridized carbons (Fsp3) is 0.444. The van der Waals surface area contributed by atoms with E-state index in [1.54, 1.807) is 0 Å². The summed E-state index contributed by atoms with van der Waals surface area (Å²) in [6, 6.07) is 0.866. The zero-order valence-corrected chi connectivity index (χ0v) is 8.54. The molecule has 90 valence electrons. The van der Waals surface area contributed by atoms with Gasteiger partial charge in [-0.15, -0.1) is 0 Å². The molecule has 4 N–H and O–H groups in total. The van der Waals surface area contributed by atoms with Crippen LogP contribution in [0.1, 0.15) is 12.5 Å². The van der Waals surface area contributed by atoms with E-state index in [1.165, 1.54) is 6.92 Å². The monoisotopic (exact) mass is 235 g/mol. The van der Waals surface area contributed by atoms with Crippen molar-refractivity contribution >= 4 is 11.5 Å². The number of nitrogens with zero attached hydrogens (tertiary/aromatic N) is 1. The summed E-state index contributed by atoms with van der Waals surface area (Å²) in [5, 5.41) is 11.6. The molecular weight excluding hydrogens is 223 g/mol. The molecule has 0 radical (unpaired) electrons. The molecule has 1 atom stereocenters. The van der Waals surface area contributed by atoms with Crippen LogP contribution in [0.2, 0.25) is 0 Å². The molecule has 0 aromatic carbocycles. The molecule has 0 aliphatic rings. The first-order valence-corrected chi connectivity index (χ1v) is 4.55. The molecule has 7 heteroatoms. The first-order chi connectivity index (χ1) is 7.30. The molecule has 0 saturated heterocycles. The van der Waals surface area contributed by atoms with Crippen molar-refractivity contribution < 1.29 is 18.3 Å². The summed E-state index contributed by atoms with van der Waals surface area (Å²) in [6.07, 6.45) is -4.47. The minimum absolute atomic E-state index is 0.0337. The molecule has 1 aromatic rings. The van der Waals surface area contributed by atoms with Gasteiger partial charge in [0.1, 0.15) is 5.82 Å². The lowest BCUT2D eigenvalue weighted by Gasteiger charge is -2.13. The molecule has 4 nitrogen and oxygen atoms in total. The van der Waals surface area contributed by atoms with Crippen molar-refractivity contribution in [1.29, 1.82) is 0 Å². The Balaban J connectivity index is 2.91. The number of anilines is 2. The van der Waals surface area contributed by atoms with Gasteiger partial charge in [-0.05, 0) is 13.0 Å². The summed E-state index contributed by atoms with van der Waals surface area (Å²) >= 11 is 0. The van der Waals surface area contributed by atoms with Crippen LogP contribution in [0, 0.1) is 0 Å². The highest BCUT2D eigenvalue weighted by Gasteiger charge is 2.31. The summed E-state index contributed by atoms with van der Waals surface area (Å²) < 4.78 is 37.0. The van der Waals surface area contributed by atoms with Gasteiger partial charge in [0.05, 0.1) is 17.4 Å². The number of halogens is 3. The zero-order valence-electron chi connectivity index (χ0n) is 8.54. The van der Waals surface area contributed by atoms with Gasteiger partial charge in [0.25, 0.3) is 0 Å². The van der Waals surface area contributed by atoms with Crippen molar-refractivity contribution in [2.24, 2.45) is 0 Å². The lowest BCUT2D eigenvalue weighted by molar-refractivity contribution is -0.137. The third kappa shape index (κ3) is 3.27. The number of nitrogens with two attached hydrogens (primary N) is 1. The fourth-order valence-corrected chi connectivity index (χ4v) is 1.03. The fourth-order valence-electron chi connectivity index (χ4n) is 1.03. The average molecular weight is 235 g/mol. The normalized spacial score (nSPS) is 13.6. The highest BCUT2D eigenvalue weighted by atomic mass is 19.4. The molecule has 1 heterocycles. The number of aliphatic hydroxyl groups is 1. The summed E-state index contributed by atoms with van der Waals surface area (Å²) in [6.45, 7) is 1.61. The van der Waals surface area contributed by atoms with Crippen molar-refractivity contribution in [1.82, 2.24) is 4.98 Å². The zero-order chi connectivity index (χ0) is 12.3. The summed E-state index contributed by atoms with van der Waals surface area (Å²) in [5.41, 5.74) is 4.58. The molecule has 16 heavy (non-hydrogen) atoms. The molecule has 0 aliphatic heterocycles. The highest BCUT2D eigenvalue weighted by molar-refractivity contribution is 5.62. The van der Waals surface area contributed by atoms with E-state index < -0.39 is 17.8 Å². The number of pyridine rings is 1. The van der Waals surface area contributed by atoms with Crippen molar-refractivity contribution in [3.63, 3.8) is 0 Å². The molecule has 1 unspecified atom stereocenters. The molecule has 0 saturated carbocycles. The number of nitrogen functional groups attached to an aromatic ring is 1. The van der Waals surface area contributed by atoms with Crippen molar-refractivity contribution in [3.05, 3.63) is 17.8 Å². The molecule has 1 aromatic heterocycles. The number of hydrogen-bond acceptors (Lipinski definition) is 4. The van der Waals surface area contributed by atoms with Crippen LogP contribution in [0.15, 0.2) is 12.3 Å². The van der Waals surface area contributed by atoms with E-state index in [2.05, 4.69) is 10.3 Å². The highest BCUT2D eigenvalue weighted by Crippen LogP contribution is 2.31. The smallest absolute Gasteiger partial charge is 0.392 e. The van der Waals surface area contributed by atoms with Gasteiger partial charge in [-0.3, -0.25) is 0 Å². The number of nitrogens with one attached hydrogen (secondary N) is 1. The quantitative estimate of drug-likeness (QED) is 0.742. The Morgan fingerprint density at radius 1 is 1.56 bits per heavy atom. The number of aliphatic hydroxyl groups excluding tert-OH is 1. The van der Waals surface area contributed by atoms with Gasteiger partial charge in [-0.2, -0.15) is 13.2 Å². The minimum Gasteiger partial charge on any atom is -0.392 e. The number of aromatic nitrogens is 1. The van der Waals surface area contributed by atoms with Gasteiger partial charge in [0.2, 0.25) is 0 Å². The van der Waals surface area contributed by atoms with Crippen molar-refractivity contribution in [2.75, 3.05) is 17.6 Å². The number of rotatable bonds is 3. The van der Waals surface area contributed by atoms with E-state index in [0.717, 1.165) is 6.07 Å².